The van der Waals surface area contributed by atoms with E-state index in [4.69, 9.17) is 0 Å². The van der Waals surface area contributed by atoms with Crippen molar-refractivity contribution in [3.8, 4) is 0 Å². The molecule has 0 atom stereocenters. The number of nitrogens with one attached hydrogen (secondary N) is 2. The van der Waals surface area contributed by atoms with Gasteiger partial charge in [0.1, 0.15) is 4.90 Å². The molecule has 0 radical (unpaired) electrons. The van der Waals surface area contributed by atoms with Gasteiger partial charge in [0, 0.05) is 24.3 Å². The molecular weight excluding hydrogens is 310 g/mol. The SMILES string of the molecule is CCCNCCCn1cc(S(=O)(=O)Nc2nccs2)cn1. The fourth-order valence-electron chi connectivity index (χ4n) is 1.72. The molecule has 9 heteroatoms. The third kappa shape index (κ3) is 4.80. The van der Waals surface area contributed by atoms with Gasteiger partial charge in [0.2, 0.25) is 0 Å². The van der Waals surface area contributed by atoms with Gasteiger partial charge in [-0.2, -0.15) is 5.10 Å². The zero-order chi connectivity index (χ0) is 15.1. The Morgan fingerprint density at radius 2 is 2.24 bits per heavy atom. The van der Waals surface area contributed by atoms with E-state index in [1.54, 1.807) is 16.3 Å². The van der Waals surface area contributed by atoms with Crippen LogP contribution in [0.5, 0.6) is 0 Å². The fraction of sp³-hybridized carbons (Fsp3) is 0.500. The Balaban J connectivity index is 1.89. The van der Waals surface area contributed by atoms with Crippen LogP contribution in [-0.4, -0.2) is 36.3 Å². The normalized spacial score (nSPS) is 11.7. The van der Waals surface area contributed by atoms with Crippen LogP contribution in [0.4, 0.5) is 5.13 Å². The average molecular weight is 329 g/mol. The Hall–Kier alpha value is -1.45. The van der Waals surface area contributed by atoms with Crippen molar-refractivity contribution < 1.29 is 8.42 Å². The lowest BCUT2D eigenvalue weighted by Crippen LogP contribution is -2.17. The molecule has 0 aliphatic heterocycles. The first-order valence-corrected chi connectivity index (χ1v) is 9.13. The second-order valence-corrected chi connectivity index (χ2v) is 7.06. The van der Waals surface area contributed by atoms with Gasteiger partial charge in [-0.3, -0.25) is 9.40 Å². The van der Waals surface area contributed by atoms with Crippen LogP contribution in [0.2, 0.25) is 0 Å². The number of hydrogen-bond donors (Lipinski definition) is 2. The summed E-state index contributed by atoms with van der Waals surface area (Å²) in [7, 11) is -3.60. The first-order chi connectivity index (χ1) is 10.1. The van der Waals surface area contributed by atoms with Crippen LogP contribution in [-0.2, 0) is 16.6 Å². The molecule has 2 rings (SSSR count). The predicted molar refractivity (Wildman–Crippen MR) is 82.9 cm³/mol. The number of aryl methyl sites for hydroxylation is 1. The monoisotopic (exact) mass is 329 g/mol. The van der Waals surface area contributed by atoms with Crippen LogP contribution in [0.15, 0.2) is 28.9 Å². The summed E-state index contributed by atoms with van der Waals surface area (Å²) in [4.78, 5) is 4.06. The van der Waals surface area contributed by atoms with Crippen LogP contribution < -0.4 is 10.0 Å². The van der Waals surface area contributed by atoms with E-state index in [9.17, 15) is 8.42 Å². The number of anilines is 1. The van der Waals surface area contributed by atoms with Crippen LogP contribution >= 0.6 is 11.3 Å². The van der Waals surface area contributed by atoms with Crippen molar-refractivity contribution in [2.45, 2.75) is 31.2 Å². The van der Waals surface area contributed by atoms with E-state index in [2.05, 4.69) is 27.0 Å². The van der Waals surface area contributed by atoms with Gasteiger partial charge in [-0.25, -0.2) is 13.4 Å². The van der Waals surface area contributed by atoms with Crippen molar-refractivity contribution in [2.75, 3.05) is 17.8 Å². The lowest BCUT2D eigenvalue weighted by Gasteiger charge is -2.03. The molecule has 0 saturated heterocycles. The first-order valence-electron chi connectivity index (χ1n) is 6.77. The molecule has 0 aliphatic carbocycles. The van der Waals surface area contributed by atoms with E-state index < -0.39 is 10.0 Å². The second-order valence-electron chi connectivity index (χ2n) is 4.49. The second kappa shape index (κ2) is 7.53. The lowest BCUT2D eigenvalue weighted by molar-refractivity contribution is 0.541. The zero-order valence-electron chi connectivity index (χ0n) is 11.8. The summed E-state index contributed by atoms with van der Waals surface area (Å²) in [6.07, 6.45) is 6.45. The van der Waals surface area contributed by atoms with Gasteiger partial charge in [0.25, 0.3) is 10.0 Å². The fourth-order valence-corrected chi connectivity index (χ4v) is 3.46. The third-order valence-electron chi connectivity index (χ3n) is 2.74. The van der Waals surface area contributed by atoms with Crippen molar-refractivity contribution >= 4 is 26.5 Å². The van der Waals surface area contributed by atoms with Crippen LogP contribution in [0.3, 0.4) is 0 Å². The quantitative estimate of drug-likeness (QED) is 0.681. The summed E-state index contributed by atoms with van der Waals surface area (Å²) < 4.78 is 28.3. The summed E-state index contributed by atoms with van der Waals surface area (Å²) >= 11 is 1.24. The highest BCUT2D eigenvalue weighted by Crippen LogP contribution is 2.17. The zero-order valence-corrected chi connectivity index (χ0v) is 13.5. The third-order valence-corrected chi connectivity index (χ3v) is 4.85. The molecule has 2 N–H and O–H groups in total. The van der Waals surface area contributed by atoms with E-state index >= 15 is 0 Å². The van der Waals surface area contributed by atoms with Crippen LogP contribution in [0.25, 0.3) is 0 Å². The van der Waals surface area contributed by atoms with E-state index in [1.807, 2.05) is 0 Å². The molecule has 0 unspecified atom stereocenters. The summed E-state index contributed by atoms with van der Waals surface area (Å²) in [5.74, 6) is 0. The number of sulfonamides is 1. The van der Waals surface area contributed by atoms with E-state index in [0.717, 1.165) is 25.9 Å². The number of rotatable bonds is 9. The molecular formula is C12H19N5O2S2. The van der Waals surface area contributed by atoms with E-state index in [-0.39, 0.29) is 4.90 Å². The molecule has 0 aromatic carbocycles. The molecule has 2 heterocycles. The van der Waals surface area contributed by atoms with Crippen molar-refractivity contribution in [1.82, 2.24) is 20.1 Å². The van der Waals surface area contributed by atoms with Gasteiger partial charge in [0.15, 0.2) is 5.13 Å². The highest BCUT2D eigenvalue weighted by Gasteiger charge is 2.17. The Morgan fingerprint density at radius 3 is 2.95 bits per heavy atom. The van der Waals surface area contributed by atoms with Crippen LogP contribution in [0.1, 0.15) is 19.8 Å². The molecule has 0 aliphatic rings. The van der Waals surface area contributed by atoms with Crippen molar-refractivity contribution in [3.05, 3.63) is 24.0 Å². The smallest absolute Gasteiger partial charge is 0.266 e. The Labute approximate surface area is 128 Å². The Kier molecular flexibility index (Phi) is 5.71. The number of thiazole rings is 1. The number of hydrogen-bond acceptors (Lipinski definition) is 6. The molecule has 0 spiro atoms. The lowest BCUT2D eigenvalue weighted by atomic mass is 10.4. The molecule has 0 saturated carbocycles. The minimum Gasteiger partial charge on any atom is -0.317 e. The summed E-state index contributed by atoms with van der Waals surface area (Å²) in [6, 6.07) is 0. The van der Waals surface area contributed by atoms with Gasteiger partial charge in [-0.1, -0.05) is 6.92 Å². The van der Waals surface area contributed by atoms with Gasteiger partial charge < -0.3 is 5.32 Å². The van der Waals surface area contributed by atoms with Gasteiger partial charge in [0.05, 0.1) is 6.20 Å². The van der Waals surface area contributed by atoms with E-state index in [1.165, 1.54) is 23.7 Å². The minimum absolute atomic E-state index is 0.152. The molecule has 0 fully saturated rings. The first kappa shape index (κ1) is 15.9. The highest BCUT2D eigenvalue weighted by atomic mass is 32.2. The Bertz CT molecular complexity index is 636. The van der Waals surface area contributed by atoms with Crippen molar-refractivity contribution in [3.63, 3.8) is 0 Å². The number of aromatic nitrogens is 3. The van der Waals surface area contributed by atoms with E-state index in [0.29, 0.717) is 11.7 Å². The predicted octanol–water partition coefficient (Wildman–Crippen LogP) is 1.53. The molecule has 21 heavy (non-hydrogen) atoms. The molecule has 2 aromatic heterocycles. The molecule has 7 nitrogen and oxygen atoms in total. The Morgan fingerprint density at radius 1 is 1.38 bits per heavy atom. The average Bonchev–Trinajstić information content (AvgIpc) is 3.09. The molecule has 0 bridgehead atoms. The maximum absolute atomic E-state index is 12.1. The van der Waals surface area contributed by atoms with Gasteiger partial charge >= 0.3 is 0 Å². The summed E-state index contributed by atoms with van der Waals surface area (Å²) in [5.41, 5.74) is 0. The van der Waals surface area contributed by atoms with Gasteiger partial charge in [-0.15, -0.1) is 11.3 Å². The van der Waals surface area contributed by atoms with Crippen molar-refractivity contribution in [2.24, 2.45) is 0 Å². The summed E-state index contributed by atoms with van der Waals surface area (Å²) in [6.45, 7) is 4.69. The maximum Gasteiger partial charge on any atom is 0.266 e. The van der Waals surface area contributed by atoms with Crippen molar-refractivity contribution in [1.29, 1.82) is 0 Å². The largest absolute Gasteiger partial charge is 0.317 e. The summed E-state index contributed by atoms with van der Waals surface area (Å²) in [5, 5.41) is 9.44. The molecule has 0 amide bonds. The van der Waals surface area contributed by atoms with Crippen LogP contribution in [0, 0.1) is 0 Å². The van der Waals surface area contributed by atoms with Gasteiger partial charge in [-0.05, 0) is 25.9 Å². The minimum atomic E-state index is -3.60. The topological polar surface area (TPSA) is 88.9 Å². The maximum atomic E-state index is 12.1. The number of nitrogens with zero attached hydrogens (tertiary/aromatic N) is 3. The highest BCUT2D eigenvalue weighted by molar-refractivity contribution is 7.93. The molecule has 2 aromatic rings. The standard InChI is InChI=1S/C12H19N5O2S2/c1-2-4-13-5-3-7-17-10-11(9-15-17)21(18,19)16-12-14-6-8-20-12/h6,8-10,13H,2-5,7H2,1H3,(H,14,16). The molecule has 116 valence electrons.